The van der Waals surface area contributed by atoms with Gasteiger partial charge in [-0.05, 0) is 0 Å². The molecule has 1 aliphatic rings. The maximum absolute atomic E-state index is 13.2. The Morgan fingerprint density at radius 1 is 1.36 bits per heavy atom. The number of anilines is 1. The first-order valence-electron chi connectivity index (χ1n) is 6.28. The summed E-state index contributed by atoms with van der Waals surface area (Å²) in [6.07, 6.45) is -6.00. The zero-order valence-electron chi connectivity index (χ0n) is 11.0. The topological polar surface area (TPSA) is 140 Å². The number of nitrogen functional groups attached to an aromatic ring is 1. The molecule has 0 spiro atoms. The molecule has 2 aromatic rings. The van der Waals surface area contributed by atoms with Crippen LogP contribution in [0.5, 0.6) is 0 Å². The number of aliphatic hydroxyl groups excluding tert-OH is 3. The highest BCUT2D eigenvalue weighted by molar-refractivity contribution is 5.81. The largest absolute Gasteiger partial charge is 0.393 e. The van der Waals surface area contributed by atoms with Gasteiger partial charge in [-0.3, -0.25) is 4.57 Å². The number of halogens is 2. The molecule has 9 nitrogen and oxygen atoms in total. The van der Waals surface area contributed by atoms with E-state index in [9.17, 15) is 24.1 Å². The predicted molar refractivity (Wildman–Crippen MR) is 67.7 cm³/mol. The van der Waals surface area contributed by atoms with E-state index in [0.717, 1.165) is 10.9 Å². The van der Waals surface area contributed by atoms with Crippen LogP contribution in [0.25, 0.3) is 11.2 Å². The van der Waals surface area contributed by atoms with Crippen LogP contribution in [-0.4, -0.2) is 65.7 Å². The van der Waals surface area contributed by atoms with Crippen molar-refractivity contribution in [3.8, 4) is 0 Å². The minimum absolute atomic E-state index is 0.0686. The van der Waals surface area contributed by atoms with Gasteiger partial charge in [-0.15, -0.1) is 0 Å². The number of alkyl halides is 2. The van der Waals surface area contributed by atoms with Gasteiger partial charge in [0.25, 0.3) is 6.43 Å². The number of hydrogen-bond donors (Lipinski definition) is 4. The number of rotatable bonds is 3. The zero-order valence-corrected chi connectivity index (χ0v) is 11.0. The lowest BCUT2D eigenvalue weighted by Crippen LogP contribution is -2.52. The van der Waals surface area contributed by atoms with Gasteiger partial charge in [-0.1, -0.05) is 0 Å². The summed E-state index contributed by atoms with van der Waals surface area (Å²) in [6.45, 7) is -1.16. The van der Waals surface area contributed by atoms with Gasteiger partial charge in [0, 0.05) is 0 Å². The van der Waals surface area contributed by atoms with Crippen LogP contribution in [0, 0.1) is 0 Å². The van der Waals surface area contributed by atoms with Crippen LogP contribution in [-0.2, 0) is 4.74 Å². The molecule has 0 aromatic carbocycles. The second-order valence-electron chi connectivity index (χ2n) is 4.94. The van der Waals surface area contributed by atoms with E-state index in [1.165, 1.54) is 6.33 Å². The maximum atomic E-state index is 13.2. The van der Waals surface area contributed by atoms with Crippen molar-refractivity contribution in [3.05, 3.63) is 12.7 Å². The van der Waals surface area contributed by atoms with Crippen molar-refractivity contribution in [1.82, 2.24) is 19.5 Å². The van der Waals surface area contributed by atoms with Gasteiger partial charge in [-0.25, -0.2) is 23.7 Å². The van der Waals surface area contributed by atoms with Crippen LogP contribution in [0.15, 0.2) is 12.7 Å². The number of imidazole rings is 1. The second-order valence-corrected chi connectivity index (χ2v) is 4.94. The molecule has 1 aliphatic heterocycles. The molecule has 120 valence electrons. The van der Waals surface area contributed by atoms with Crippen LogP contribution in [0.3, 0.4) is 0 Å². The molecule has 2 aromatic heterocycles. The van der Waals surface area contributed by atoms with E-state index in [2.05, 4.69) is 15.0 Å². The quantitative estimate of drug-likeness (QED) is 0.545. The molecule has 0 radical (unpaired) electrons. The predicted octanol–water partition coefficient (Wildman–Crippen LogP) is -1.34. The van der Waals surface area contributed by atoms with Crippen molar-refractivity contribution in [3.63, 3.8) is 0 Å². The molecule has 0 aliphatic carbocycles. The Balaban J connectivity index is 2.06. The van der Waals surface area contributed by atoms with Crippen molar-refractivity contribution in [2.45, 2.75) is 30.5 Å². The van der Waals surface area contributed by atoms with Gasteiger partial charge in [0.1, 0.15) is 24.1 Å². The van der Waals surface area contributed by atoms with Crippen LogP contribution in [0.4, 0.5) is 14.6 Å². The molecule has 3 rings (SSSR count). The summed E-state index contributed by atoms with van der Waals surface area (Å²) >= 11 is 0. The van der Waals surface area contributed by atoms with E-state index in [1.807, 2.05) is 0 Å². The Labute approximate surface area is 122 Å². The van der Waals surface area contributed by atoms with E-state index < -0.39 is 37.1 Å². The van der Waals surface area contributed by atoms with Crippen LogP contribution >= 0.6 is 0 Å². The molecule has 3 heterocycles. The summed E-state index contributed by atoms with van der Waals surface area (Å²) in [5, 5.41) is 29.1. The van der Waals surface area contributed by atoms with E-state index >= 15 is 0 Å². The number of ether oxygens (including phenoxy) is 1. The number of fused-ring (bicyclic) bond motifs is 1. The summed E-state index contributed by atoms with van der Waals surface area (Å²) in [4.78, 5) is 11.6. The molecule has 0 bridgehead atoms. The molecule has 2 unspecified atom stereocenters. The molecule has 1 saturated heterocycles. The Morgan fingerprint density at radius 3 is 2.68 bits per heavy atom. The highest BCUT2D eigenvalue weighted by Gasteiger charge is 2.60. The third-order valence-electron chi connectivity index (χ3n) is 3.73. The smallest absolute Gasteiger partial charge is 0.272 e. The minimum Gasteiger partial charge on any atom is -0.393 e. The highest BCUT2D eigenvalue weighted by atomic mass is 19.3. The molecule has 4 atom stereocenters. The standard InChI is InChI=1S/C11H13F2N5O4/c12-10(13)11(1-19)6(21)5(20)9(22-11)18-3-17-4-7(14)15-2-16-8(4)18/h2-3,5-6,9-10,19-21H,1H2,(H2,14,15,16)/t5?,6?,9-,11-/m1/s1. The van der Waals surface area contributed by atoms with Gasteiger partial charge in [-0.2, -0.15) is 0 Å². The number of aliphatic hydroxyl groups is 3. The molecular formula is C11H13F2N5O4. The number of nitrogens with two attached hydrogens (primary N) is 1. The monoisotopic (exact) mass is 317 g/mol. The van der Waals surface area contributed by atoms with E-state index in [-0.39, 0.29) is 17.0 Å². The van der Waals surface area contributed by atoms with Crippen molar-refractivity contribution in [1.29, 1.82) is 0 Å². The Morgan fingerprint density at radius 2 is 2.09 bits per heavy atom. The maximum Gasteiger partial charge on any atom is 0.272 e. The first-order valence-corrected chi connectivity index (χ1v) is 6.28. The Kier molecular flexibility index (Phi) is 3.44. The van der Waals surface area contributed by atoms with Gasteiger partial charge in [0.05, 0.1) is 12.9 Å². The van der Waals surface area contributed by atoms with E-state index in [1.54, 1.807) is 0 Å². The Bertz CT molecular complexity index is 698. The molecule has 1 fully saturated rings. The Hall–Kier alpha value is -1.95. The van der Waals surface area contributed by atoms with Crippen molar-refractivity contribution in [2.24, 2.45) is 0 Å². The average Bonchev–Trinajstić information content (AvgIpc) is 3.02. The van der Waals surface area contributed by atoms with Crippen molar-refractivity contribution < 1.29 is 28.8 Å². The number of nitrogens with zero attached hydrogens (tertiary/aromatic N) is 4. The third kappa shape index (κ3) is 1.86. The van der Waals surface area contributed by atoms with Gasteiger partial charge >= 0.3 is 0 Å². The van der Waals surface area contributed by atoms with Crippen LogP contribution in [0.2, 0.25) is 0 Å². The number of aromatic nitrogens is 4. The fourth-order valence-corrected chi connectivity index (χ4v) is 2.47. The summed E-state index contributed by atoms with van der Waals surface area (Å²) in [5.74, 6) is 0.0686. The normalized spacial score (nSPS) is 32.2. The summed E-state index contributed by atoms with van der Waals surface area (Å²) in [5.41, 5.74) is 3.38. The zero-order chi connectivity index (χ0) is 16.1. The van der Waals surface area contributed by atoms with Gasteiger partial charge in [0.15, 0.2) is 23.3 Å². The first kappa shape index (κ1) is 15.0. The van der Waals surface area contributed by atoms with E-state index in [0.29, 0.717) is 0 Å². The lowest BCUT2D eigenvalue weighted by atomic mass is 9.96. The average molecular weight is 317 g/mol. The second kappa shape index (κ2) is 5.05. The summed E-state index contributed by atoms with van der Waals surface area (Å²) < 4.78 is 32.6. The lowest BCUT2D eigenvalue weighted by molar-refractivity contribution is -0.194. The number of hydrogen-bond acceptors (Lipinski definition) is 8. The van der Waals surface area contributed by atoms with Gasteiger partial charge in [0.2, 0.25) is 0 Å². The third-order valence-corrected chi connectivity index (χ3v) is 3.73. The molecule has 22 heavy (non-hydrogen) atoms. The molecule has 5 N–H and O–H groups in total. The van der Waals surface area contributed by atoms with E-state index in [4.69, 9.17) is 10.5 Å². The molecule has 11 heteroatoms. The minimum atomic E-state index is -3.21. The molecule has 0 amide bonds. The SMILES string of the molecule is Nc1ncnc2c1ncn2[C@@H]1O[C@@](CO)(C(F)F)C(O)C1O. The highest BCUT2D eigenvalue weighted by Crippen LogP contribution is 2.41. The summed E-state index contributed by atoms with van der Waals surface area (Å²) in [7, 11) is 0. The summed E-state index contributed by atoms with van der Waals surface area (Å²) in [6, 6.07) is 0. The first-order chi connectivity index (χ1) is 10.4. The van der Waals surface area contributed by atoms with Crippen LogP contribution in [0.1, 0.15) is 6.23 Å². The fourth-order valence-electron chi connectivity index (χ4n) is 2.47. The lowest BCUT2D eigenvalue weighted by Gasteiger charge is -2.28. The van der Waals surface area contributed by atoms with Crippen molar-refractivity contribution in [2.75, 3.05) is 12.3 Å². The molecular weight excluding hydrogens is 304 g/mol. The van der Waals surface area contributed by atoms with Crippen LogP contribution < -0.4 is 5.73 Å². The molecule has 0 saturated carbocycles. The van der Waals surface area contributed by atoms with Gasteiger partial charge < -0.3 is 25.8 Å². The van der Waals surface area contributed by atoms with Crippen molar-refractivity contribution >= 4 is 17.0 Å². The fraction of sp³-hybridized carbons (Fsp3) is 0.545.